The zero-order chi connectivity index (χ0) is 11.4. The van der Waals surface area contributed by atoms with Gasteiger partial charge in [-0.2, -0.15) is 0 Å². The third-order valence-electron chi connectivity index (χ3n) is 3.08. The highest BCUT2D eigenvalue weighted by Gasteiger charge is 2.15. The highest BCUT2D eigenvalue weighted by Crippen LogP contribution is 2.20. The first-order valence-electron chi connectivity index (χ1n) is 5.97. The fourth-order valence-electron chi connectivity index (χ4n) is 2.16. The second-order valence-electron chi connectivity index (χ2n) is 4.25. The van der Waals surface area contributed by atoms with Gasteiger partial charge in [0.1, 0.15) is 0 Å². The van der Waals surface area contributed by atoms with Crippen LogP contribution in [0.2, 0.25) is 0 Å². The average Bonchev–Trinajstić information content (AvgIpc) is 2.29. The highest BCUT2D eigenvalue weighted by atomic mass is 16.5. The van der Waals surface area contributed by atoms with Gasteiger partial charge in [-0.1, -0.05) is 6.07 Å². The Morgan fingerprint density at radius 3 is 3.06 bits per heavy atom. The van der Waals surface area contributed by atoms with Crippen LogP contribution in [0.5, 0.6) is 0 Å². The average molecular weight is 220 g/mol. The molecule has 88 valence electrons. The molecule has 16 heavy (non-hydrogen) atoms. The number of benzene rings is 1. The number of ether oxygens (including phenoxy) is 1. The maximum absolute atomic E-state index is 5.81. The van der Waals surface area contributed by atoms with Gasteiger partial charge in [0.25, 0.3) is 0 Å². The number of hydrogen-bond donors (Lipinski definition) is 1. The Balaban J connectivity index is 1.94. The number of nitrogens with zero attached hydrogens (tertiary/aromatic N) is 1. The van der Waals surface area contributed by atoms with Gasteiger partial charge in [-0.05, 0) is 36.6 Å². The molecule has 0 aliphatic carbocycles. The molecule has 0 spiro atoms. The van der Waals surface area contributed by atoms with Gasteiger partial charge in [-0.3, -0.25) is 4.90 Å². The zero-order valence-corrected chi connectivity index (χ0v) is 9.91. The highest BCUT2D eigenvalue weighted by molar-refractivity contribution is 5.45. The molecule has 0 fully saturated rings. The van der Waals surface area contributed by atoms with Crippen molar-refractivity contribution in [3.8, 4) is 0 Å². The lowest BCUT2D eigenvalue weighted by atomic mass is 9.99. The molecule has 2 rings (SSSR count). The van der Waals surface area contributed by atoms with Gasteiger partial charge in [0.15, 0.2) is 0 Å². The minimum atomic E-state index is 0.803. The van der Waals surface area contributed by atoms with Gasteiger partial charge in [0.05, 0.1) is 6.61 Å². The first kappa shape index (κ1) is 11.4. The molecule has 1 heterocycles. The summed E-state index contributed by atoms with van der Waals surface area (Å²) in [5.41, 5.74) is 9.50. The first-order valence-corrected chi connectivity index (χ1v) is 5.97. The molecule has 3 heteroatoms. The van der Waals surface area contributed by atoms with E-state index in [2.05, 4.69) is 17.0 Å². The van der Waals surface area contributed by atoms with Gasteiger partial charge < -0.3 is 10.5 Å². The lowest BCUT2D eigenvalue weighted by molar-refractivity contribution is 0.108. The van der Waals surface area contributed by atoms with E-state index in [4.69, 9.17) is 10.5 Å². The van der Waals surface area contributed by atoms with Crippen molar-refractivity contribution in [3.05, 3.63) is 29.3 Å². The number of anilines is 1. The zero-order valence-electron chi connectivity index (χ0n) is 9.91. The maximum Gasteiger partial charge on any atom is 0.0593 e. The first-order chi connectivity index (χ1) is 7.79. The molecule has 0 atom stereocenters. The second kappa shape index (κ2) is 5.32. The van der Waals surface area contributed by atoms with E-state index in [0.29, 0.717) is 0 Å². The van der Waals surface area contributed by atoms with Crippen molar-refractivity contribution >= 4 is 5.69 Å². The largest absolute Gasteiger partial charge is 0.399 e. The quantitative estimate of drug-likeness (QED) is 0.619. The standard InChI is InChI=1S/C13H20N2O/c1-2-16-8-7-15-6-5-11-3-4-13(14)9-12(11)10-15/h3-4,9H,2,5-8,10,14H2,1H3. The van der Waals surface area contributed by atoms with Crippen LogP contribution in [0.25, 0.3) is 0 Å². The molecule has 0 amide bonds. The van der Waals surface area contributed by atoms with Gasteiger partial charge in [-0.15, -0.1) is 0 Å². The van der Waals surface area contributed by atoms with Crippen LogP contribution in [-0.4, -0.2) is 31.2 Å². The fourth-order valence-corrected chi connectivity index (χ4v) is 2.16. The van der Waals surface area contributed by atoms with Crippen LogP contribution >= 0.6 is 0 Å². The third-order valence-corrected chi connectivity index (χ3v) is 3.08. The summed E-state index contributed by atoms with van der Waals surface area (Å²) in [6, 6.07) is 6.25. The molecule has 0 radical (unpaired) electrons. The fraction of sp³-hybridized carbons (Fsp3) is 0.538. The van der Waals surface area contributed by atoms with Crippen molar-refractivity contribution in [2.75, 3.05) is 32.0 Å². The molecule has 1 aliphatic rings. The van der Waals surface area contributed by atoms with E-state index in [9.17, 15) is 0 Å². The summed E-state index contributed by atoms with van der Waals surface area (Å²) >= 11 is 0. The van der Waals surface area contributed by atoms with Crippen molar-refractivity contribution in [2.45, 2.75) is 19.9 Å². The number of hydrogen-bond acceptors (Lipinski definition) is 3. The lowest BCUT2D eigenvalue weighted by Crippen LogP contribution is -2.33. The predicted octanol–water partition coefficient (Wildman–Crippen LogP) is 1.66. The van der Waals surface area contributed by atoms with Crippen LogP contribution in [0.15, 0.2) is 18.2 Å². The second-order valence-corrected chi connectivity index (χ2v) is 4.25. The monoisotopic (exact) mass is 220 g/mol. The summed E-state index contributed by atoms with van der Waals surface area (Å²) in [6.45, 7) is 6.82. The third kappa shape index (κ3) is 2.74. The normalized spacial score (nSPS) is 16.1. The van der Waals surface area contributed by atoms with E-state index in [1.54, 1.807) is 0 Å². The number of rotatable bonds is 4. The van der Waals surface area contributed by atoms with E-state index >= 15 is 0 Å². The van der Waals surface area contributed by atoms with Crippen molar-refractivity contribution < 1.29 is 4.74 Å². The molecule has 1 aromatic rings. The summed E-state index contributed by atoms with van der Waals surface area (Å²) in [4.78, 5) is 2.43. The van der Waals surface area contributed by atoms with Crippen LogP contribution in [0.3, 0.4) is 0 Å². The summed E-state index contributed by atoms with van der Waals surface area (Å²) in [5, 5.41) is 0. The Morgan fingerprint density at radius 1 is 1.38 bits per heavy atom. The minimum absolute atomic E-state index is 0.803. The molecule has 0 saturated carbocycles. The van der Waals surface area contributed by atoms with E-state index in [1.165, 1.54) is 11.1 Å². The van der Waals surface area contributed by atoms with Gasteiger partial charge in [-0.25, -0.2) is 0 Å². The molecule has 1 aromatic carbocycles. The van der Waals surface area contributed by atoms with Crippen LogP contribution in [0, 0.1) is 0 Å². The summed E-state index contributed by atoms with van der Waals surface area (Å²) in [6.07, 6.45) is 1.13. The topological polar surface area (TPSA) is 38.5 Å². The molecular weight excluding hydrogens is 200 g/mol. The molecule has 0 bridgehead atoms. The molecule has 1 aliphatic heterocycles. The van der Waals surface area contributed by atoms with Gasteiger partial charge >= 0.3 is 0 Å². The van der Waals surface area contributed by atoms with E-state index < -0.39 is 0 Å². The Morgan fingerprint density at radius 2 is 2.25 bits per heavy atom. The molecule has 3 nitrogen and oxygen atoms in total. The smallest absolute Gasteiger partial charge is 0.0593 e. The van der Waals surface area contributed by atoms with Crippen molar-refractivity contribution in [1.82, 2.24) is 4.90 Å². The maximum atomic E-state index is 5.81. The molecule has 0 saturated heterocycles. The van der Waals surface area contributed by atoms with Crippen molar-refractivity contribution in [1.29, 1.82) is 0 Å². The molecule has 2 N–H and O–H groups in total. The Kier molecular flexibility index (Phi) is 3.80. The van der Waals surface area contributed by atoms with Crippen molar-refractivity contribution in [2.24, 2.45) is 0 Å². The lowest BCUT2D eigenvalue weighted by Gasteiger charge is -2.28. The predicted molar refractivity (Wildman–Crippen MR) is 66.3 cm³/mol. The van der Waals surface area contributed by atoms with Crippen LogP contribution < -0.4 is 5.73 Å². The molecule has 0 aromatic heterocycles. The summed E-state index contributed by atoms with van der Waals surface area (Å²) in [7, 11) is 0. The summed E-state index contributed by atoms with van der Waals surface area (Å²) < 4.78 is 5.38. The number of nitrogens with two attached hydrogens (primary N) is 1. The van der Waals surface area contributed by atoms with Crippen LogP contribution in [0.1, 0.15) is 18.1 Å². The summed E-state index contributed by atoms with van der Waals surface area (Å²) in [5.74, 6) is 0. The molecular formula is C13H20N2O. The van der Waals surface area contributed by atoms with E-state index in [1.807, 2.05) is 13.0 Å². The van der Waals surface area contributed by atoms with Gasteiger partial charge in [0.2, 0.25) is 0 Å². The SMILES string of the molecule is CCOCCN1CCc2ccc(N)cc2C1. The Hall–Kier alpha value is -1.06. The van der Waals surface area contributed by atoms with E-state index in [0.717, 1.165) is 45.0 Å². The van der Waals surface area contributed by atoms with E-state index in [-0.39, 0.29) is 0 Å². The Labute approximate surface area is 97.2 Å². The van der Waals surface area contributed by atoms with Crippen LogP contribution in [-0.2, 0) is 17.7 Å². The Bertz CT molecular complexity index is 352. The number of nitrogen functional groups attached to an aromatic ring is 1. The number of fused-ring (bicyclic) bond motifs is 1. The van der Waals surface area contributed by atoms with Crippen molar-refractivity contribution in [3.63, 3.8) is 0 Å². The minimum Gasteiger partial charge on any atom is -0.399 e. The van der Waals surface area contributed by atoms with Gasteiger partial charge in [0, 0.05) is 31.9 Å². The van der Waals surface area contributed by atoms with Crippen LogP contribution in [0.4, 0.5) is 5.69 Å². The molecule has 0 unspecified atom stereocenters.